The average Bonchev–Trinajstić information content (AvgIpc) is 2.84. The van der Waals surface area contributed by atoms with E-state index < -0.39 is 5.60 Å². The van der Waals surface area contributed by atoms with Crippen LogP contribution in [-0.2, 0) is 16.8 Å². The van der Waals surface area contributed by atoms with Crippen molar-refractivity contribution in [1.82, 2.24) is 10.1 Å². The van der Waals surface area contributed by atoms with Gasteiger partial charge in [-0.15, -0.1) is 0 Å². The maximum Gasteiger partial charge on any atom is 0.228 e. The average molecular weight is 283 g/mol. The van der Waals surface area contributed by atoms with E-state index in [0.29, 0.717) is 24.7 Å². The molecule has 0 amide bonds. The van der Waals surface area contributed by atoms with Crippen molar-refractivity contribution >= 4 is 0 Å². The SMILES string of the molecule is CCOC(CC)(CC)c1noc(CC(N)C(C)(C)C)n1. The third-order valence-corrected chi connectivity index (χ3v) is 3.95. The van der Waals surface area contributed by atoms with Gasteiger partial charge in [0.2, 0.25) is 11.7 Å². The van der Waals surface area contributed by atoms with Gasteiger partial charge in [-0.3, -0.25) is 0 Å². The van der Waals surface area contributed by atoms with Crippen LogP contribution in [0.1, 0.15) is 66.1 Å². The molecular weight excluding hydrogens is 254 g/mol. The van der Waals surface area contributed by atoms with Gasteiger partial charge >= 0.3 is 0 Å². The Hall–Kier alpha value is -0.940. The molecule has 1 rings (SSSR count). The van der Waals surface area contributed by atoms with Gasteiger partial charge in [0, 0.05) is 19.1 Å². The Morgan fingerprint density at radius 2 is 1.80 bits per heavy atom. The molecule has 0 fully saturated rings. The highest BCUT2D eigenvalue weighted by Gasteiger charge is 2.35. The molecule has 0 spiro atoms. The zero-order chi connectivity index (χ0) is 15.4. The van der Waals surface area contributed by atoms with Gasteiger partial charge in [-0.05, 0) is 25.2 Å². The van der Waals surface area contributed by atoms with Gasteiger partial charge < -0.3 is 15.0 Å². The predicted molar refractivity (Wildman–Crippen MR) is 79.3 cm³/mol. The van der Waals surface area contributed by atoms with E-state index in [4.69, 9.17) is 15.0 Å². The van der Waals surface area contributed by atoms with Crippen molar-refractivity contribution in [3.8, 4) is 0 Å². The molecule has 0 aliphatic carbocycles. The van der Waals surface area contributed by atoms with Crippen LogP contribution in [0.4, 0.5) is 0 Å². The molecule has 0 saturated heterocycles. The first-order valence-corrected chi connectivity index (χ1v) is 7.51. The Kier molecular flexibility index (Phi) is 5.71. The van der Waals surface area contributed by atoms with E-state index in [-0.39, 0.29) is 11.5 Å². The standard InChI is InChI=1S/C15H29N3O2/c1-7-15(8-2,19-9-3)13-17-12(20-18-13)10-11(16)14(4,5)6/h11H,7-10,16H2,1-6H3. The van der Waals surface area contributed by atoms with Crippen LogP contribution in [0.5, 0.6) is 0 Å². The number of nitrogens with zero attached hydrogens (tertiary/aromatic N) is 2. The van der Waals surface area contributed by atoms with Crippen LogP contribution in [-0.4, -0.2) is 22.8 Å². The Balaban J connectivity index is 2.90. The second-order valence-corrected chi connectivity index (χ2v) is 6.32. The van der Waals surface area contributed by atoms with E-state index in [9.17, 15) is 0 Å². The van der Waals surface area contributed by atoms with Crippen molar-refractivity contribution < 1.29 is 9.26 Å². The lowest BCUT2D eigenvalue weighted by molar-refractivity contribution is -0.0583. The normalized spacial score (nSPS) is 14.6. The zero-order valence-corrected chi connectivity index (χ0v) is 13.7. The smallest absolute Gasteiger partial charge is 0.228 e. The van der Waals surface area contributed by atoms with Crippen molar-refractivity contribution in [1.29, 1.82) is 0 Å². The largest absolute Gasteiger partial charge is 0.367 e. The van der Waals surface area contributed by atoms with E-state index in [2.05, 4.69) is 44.8 Å². The molecule has 1 heterocycles. The summed E-state index contributed by atoms with van der Waals surface area (Å²) >= 11 is 0. The van der Waals surface area contributed by atoms with Gasteiger partial charge in [0.25, 0.3) is 0 Å². The van der Waals surface area contributed by atoms with Crippen molar-refractivity contribution in [3.05, 3.63) is 11.7 Å². The summed E-state index contributed by atoms with van der Waals surface area (Å²) in [6, 6.07) is -0.0134. The molecule has 20 heavy (non-hydrogen) atoms. The molecule has 1 atom stereocenters. The lowest BCUT2D eigenvalue weighted by atomic mass is 9.85. The maximum atomic E-state index is 6.17. The minimum absolute atomic E-state index is 0.0134. The molecule has 5 heteroatoms. The number of nitrogens with two attached hydrogens (primary N) is 1. The molecule has 0 aliphatic rings. The fraction of sp³-hybridized carbons (Fsp3) is 0.867. The summed E-state index contributed by atoms with van der Waals surface area (Å²) < 4.78 is 11.2. The lowest BCUT2D eigenvalue weighted by Gasteiger charge is -2.27. The first kappa shape index (κ1) is 17.1. The van der Waals surface area contributed by atoms with Crippen LogP contribution in [0.2, 0.25) is 0 Å². The van der Waals surface area contributed by atoms with Gasteiger partial charge in [-0.2, -0.15) is 4.98 Å². The van der Waals surface area contributed by atoms with Crippen LogP contribution in [0.15, 0.2) is 4.52 Å². The van der Waals surface area contributed by atoms with Crippen LogP contribution < -0.4 is 5.73 Å². The summed E-state index contributed by atoms with van der Waals surface area (Å²) in [5.41, 5.74) is 5.74. The molecule has 1 unspecified atom stereocenters. The number of rotatable bonds is 7. The fourth-order valence-corrected chi connectivity index (χ4v) is 2.13. The Labute approximate surface area is 122 Å². The third-order valence-electron chi connectivity index (χ3n) is 3.95. The monoisotopic (exact) mass is 283 g/mol. The molecular formula is C15H29N3O2. The van der Waals surface area contributed by atoms with E-state index in [0.717, 1.165) is 12.8 Å². The van der Waals surface area contributed by atoms with Crippen molar-refractivity contribution in [2.24, 2.45) is 11.1 Å². The highest BCUT2D eigenvalue weighted by Crippen LogP contribution is 2.31. The lowest BCUT2D eigenvalue weighted by Crippen LogP contribution is -2.37. The first-order valence-electron chi connectivity index (χ1n) is 7.51. The molecule has 1 aromatic rings. The summed E-state index contributed by atoms with van der Waals surface area (Å²) in [4.78, 5) is 4.51. The van der Waals surface area contributed by atoms with E-state index in [1.54, 1.807) is 0 Å². The summed E-state index contributed by atoms with van der Waals surface area (Å²) in [6.07, 6.45) is 2.23. The van der Waals surface area contributed by atoms with E-state index in [1.165, 1.54) is 0 Å². The van der Waals surface area contributed by atoms with Crippen molar-refractivity contribution in [2.45, 2.75) is 72.4 Å². The fourth-order valence-electron chi connectivity index (χ4n) is 2.13. The van der Waals surface area contributed by atoms with Gasteiger partial charge in [-0.1, -0.05) is 39.8 Å². The van der Waals surface area contributed by atoms with E-state index >= 15 is 0 Å². The molecule has 2 N–H and O–H groups in total. The molecule has 1 aromatic heterocycles. The zero-order valence-electron chi connectivity index (χ0n) is 13.7. The number of hydrogen-bond donors (Lipinski definition) is 1. The van der Waals surface area contributed by atoms with Gasteiger partial charge in [0.05, 0.1) is 0 Å². The molecule has 0 radical (unpaired) electrons. The highest BCUT2D eigenvalue weighted by molar-refractivity contribution is 5.02. The maximum absolute atomic E-state index is 6.17. The quantitative estimate of drug-likeness (QED) is 0.832. The predicted octanol–water partition coefficient (Wildman–Crippen LogP) is 3.04. The number of hydrogen-bond acceptors (Lipinski definition) is 5. The topological polar surface area (TPSA) is 74.2 Å². The summed E-state index contributed by atoms with van der Waals surface area (Å²) in [7, 11) is 0. The molecule has 0 saturated carbocycles. The Morgan fingerprint density at radius 3 is 2.25 bits per heavy atom. The molecule has 116 valence electrons. The minimum Gasteiger partial charge on any atom is -0.367 e. The van der Waals surface area contributed by atoms with Crippen LogP contribution in [0, 0.1) is 5.41 Å². The van der Waals surface area contributed by atoms with Crippen molar-refractivity contribution in [2.75, 3.05) is 6.61 Å². The molecule has 0 aliphatic heterocycles. The van der Waals surface area contributed by atoms with Crippen LogP contribution in [0.3, 0.4) is 0 Å². The number of ether oxygens (including phenoxy) is 1. The highest BCUT2D eigenvalue weighted by atomic mass is 16.5. The van der Waals surface area contributed by atoms with Gasteiger partial charge in [0.15, 0.2) is 0 Å². The molecule has 5 nitrogen and oxygen atoms in total. The summed E-state index contributed by atoms with van der Waals surface area (Å²) in [5, 5.41) is 4.12. The second kappa shape index (κ2) is 6.68. The first-order chi connectivity index (χ1) is 9.29. The molecule has 0 bridgehead atoms. The van der Waals surface area contributed by atoms with Gasteiger partial charge in [-0.25, -0.2) is 0 Å². The number of aromatic nitrogens is 2. The van der Waals surface area contributed by atoms with Gasteiger partial charge in [0.1, 0.15) is 5.60 Å². The Morgan fingerprint density at radius 1 is 1.20 bits per heavy atom. The minimum atomic E-state index is -0.442. The van der Waals surface area contributed by atoms with Crippen LogP contribution in [0.25, 0.3) is 0 Å². The third kappa shape index (κ3) is 3.79. The van der Waals surface area contributed by atoms with E-state index in [1.807, 2.05) is 6.92 Å². The van der Waals surface area contributed by atoms with Crippen molar-refractivity contribution in [3.63, 3.8) is 0 Å². The molecule has 0 aromatic carbocycles. The van der Waals surface area contributed by atoms with Crippen LogP contribution >= 0.6 is 0 Å². The second-order valence-electron chi connectivity index (χ2n) is 6.32. The summed E-state index contributed by atoms with van der Waals surface area (Å²) in [5.74, 6) is 1.23. The summed E-state index contributed by atoms with van der Waals surface area (Å²) in [6.45, 7) is 13.1. The Bertz CT molecular complexity index is 405.